The summed E-state index contributed by atoms with van der Waals surface area (Å²) in [7, 11) is 0.905. The number of hydrogen-bond acceptors (Lipinski definition) is 3. The van der Waals surface area contributed by atoms with E-state index in [1.165, 1.54) is 6.92 Å². The molecule has 0 aromatic carbocycles. The molecule has 0 amide bonds. The monoisotopic (exact) mass is 241 g/mol. The van der Waals surface area contributed by atoms with Crippen LogP contribution in [0.5, 0.6) is 0 Å². The minimum Gasteiger partial charge on any atom is -0.243 e. The molecule has 1 rings (SSSR count). The number of hydrogen-bond donors (Lipinski definition) is 0. The molecule has 14 heavy (non-hydrogen) atoms. The van der Waals surface area contributed by atoms with Crippen LogP contribution in [0.1, 0.15) is 17.6 Å². The number of nitrogens with zero attached hydrogens (tertiary/aromatic N) is 1. The van der Waals surface area contributed by atoms with Crippen LogP contribution in [0, 0.1) is 6.92 Å². The van der Waals surface area contributed by atoms with Gasteiger partial charge in [0.05, 0.1) is 0 Å². The summed E-state index contributed by atoms with van der Waals surface area (Å²) in [6.45, 7) is 1.42. The standard InChI is InChI=1S/C7H6ClF2NO2S/c1-4-3-11-6(14(8,12)13)2-5(4)7(9)10/h2-3,7H,1H3. The van der Waals surface area contributed by atoms with E-state index in [1.54, 1.807) is 0 Å². The number of pyridine rings is 1. The Balaban J connectivity index is 3.34. The van der Waals surface area contributed by atoms with Crippen molar-refractivity contribution in [3.8, 4) is 0 Å². The van der Waals surface area contributed by atoms with Gasteiger partial charge in [-0.3, -0.25) is 0 Å². The number of aromatic nitrogens is 1. The van der Waals surface area contributed by atoms with Crippen molar-refractivity contribution in [3.63, 3.8) is 0 Å². The Hall–Kier alpha value is -0.750. The first-order chi connectivity index (χ1) is 6.32. The SMILES string of the molecule is Cc1cnc(S(=O)(=O)Cl)cc1C(F)F. The Morgan fingerprint density at radius 1 is 1.50 bits per heavy atom. The van der Waals surface area contributed by atoms with Crippen LogP contribution in [0.25, 0.3) is 0 Å². The van der Waals surface area contributed by atoms with Gasteiger partial charge in [-0.15, -0.1) is 0 Å². The number of halogens is 3. The maximum Gasteiger partial charge on any atom is 0.278 e. The van der Waals surface area contributed by atoms with Crippen molar-refractivity contribution in [2.24, 2.45) is 0 Å². The Morgan fingerprint density at radius 3 is 2.50 bits per heavy atom. The first-order valence-electron chi connectivity index (χ1n) is 3.51. The fourth-order valence-electron chi connectivity index (χ4n) is 0.888. The van der Waals surface area contributed by atoms with E-state index >= 15 is 0 Å². The third-order valence-corrected chi connectivity index (χ3v) is 2.80. The number of aryl methyl sites for hydroxylation is 1. The van der Waals surface area contributed by atoms with Gasteiger partial charge in [0, 0.05) is 22.4 Å². The third kappa shape index (κ3) is 2.39. The van der Waals surface area contributed by atoms with Crippen LogP contribution in [-0.4, -0.2) is 13.4 Å². The lowest BCUT2D eigenvalue weighted by atomic mass is 10.2. The molecule has 0 saturated carbocycles. The van der Waals surface area contributed by atoms with Crippen LogP contribution < -0.4 is 0 Å². The molecule has 0 aliphatic rings. The quantitative estimate of drug-likeness (QED) is 0.746. The number of alkyl halides is 2. The van der Waals surface area contributed by atoms with Crippen molar-refractivity contribution in [1.29, 1.82) is 0 Å². The van der Waals surface area contributed by atoms with Crippen molar-refractivity contribution < 1.29 is 17.2 Å². The van der Waals surface area contributed by atoms with Gasteiger partial charge < -0.3 is 0 Å². The molecule has 1 aromatic heterocycles. The predicted molar refractivity (Wildman–Crippen MR) is 47.0 cm³/mol. The second-order valence-corrected chi connectivity index (χ2v) is 5.13. The van der Waals surface area contributed by atoms with Crippen LogP contribution in [0.3, 0.4) is 0 Å². The first-order valence-corrected chi connectivity index (χ1v) is 5.82. The molecule has 0 aliphatic carbocycles. The normalized spacial score (nSPS) is 12.1. The summed E-state index contributed by atoms with van der Waals surface area (Å²) in [6.07, 6.45) is -1.69. The van der Waals surface area contributed by atoms with E-state index in [9.17, 15) is 17.2 Å². The Bertz CT molecular complexity index is 447. The van der Waals surface area contributed by atoms with Crippen molar-refractivity contribution in [1.82, 2.24) is 4.98 Å². The molecule has 3 nitrogen and oxygen atoms in total. The molecule has 0 atom stereocenters. The molecule has 1 heterocycles. The fourth-order valence-corrected chi connectivity index (χ4v) is 1.59. The van der Waals surface area contributed by atoms with E-state index in [-0.39, 0.29) is 11.1 Å². The maximum atomic E-state index is 12.3. The molecular weight excluding hydrogens is 236 g/mol. The lowest BCUT2D eigenvalue weighted by Gasteiger charge is -2.04. The highest BCUT2D eigenvalue weighted by molar-refractivity contribution is 8.13. The van der Waals surface area contributed by atoms with Gasteiger partial charge in [0.2, 0.25) is 0 Å². The van der Waals surface area contributed by atoms with Gasteiger partial charge in [-0.25, -0.2) is 22.2 Å². The summed E-state index contributed by atoms with van der Waals surface area (Å²) in [5.74, 6) is 0. The van der Waals surface area contributed by atoms with E-state index in [2.05, 4.69) is 4.98 Å². The van der Waals surface area contributed by atoms with Crippen LogP contribution in [-0.2, 0) is 9.05 Å². The fraction of sp³-hybridized carbons (Fsp3) is 0.286. The van der Waals surface area contributed by atoms with Crippen molar-refractivity contribution in [2.45, 2.75) is 18.4 Å². The van der Waals surface area contributed by atoms with E-state index in [0.717, 1.165) is 12.3 Å². The third-order valence-electron chi connectivity index (χ3n) is 1.60. The molecule has 78 valence electrons. The van der Waals surface area contributed by atoms with E-state index in [4.69, 9.17) is 10.7 Å². The van der Waals surface area contributed by atoms with E-state index in [0.29, 0.717) is 0 Å². The molecule has 0 N–H and O–H groups in total. The van der Waals surface area contributed by atoms with Gasteiger partial charge in [-0.1, -0.05) is 0 Å². The molecule has 0 bridgehead atoms. The summed E-state index contributed by atoms with van der Waals surface area (Å²) in [4.78, 5) is 3.44. The molecule has 7 heteroatoms. The van der Waals surface area contributed by atoms with Crippen LogP contribution >= 0.6 is 10.7 Å². The van der Waals surface area contributed by atoms with Gasteiger partial charge >= 0.3 is 0 Å². The highest BCUT2D eigenvalue weighted by Crippen LogP contribution is 2.24. The smallest absolute Gasteiger partial charge is 0.243 e. The molecule has 1 aromatic rings. The van der Waals surface area contributed by atoms with Crippen molar-refractivity contribution in [2.75, 3.05) is 0 Å². The molecule has 0 spiro atoms. The van der Waals surface area contributed by atoms with Crippen molar-refractivity contribution in [3.05, 3.63) is 23.4 Å². The topological polar surface area (TPSA) is 47.0 Å². The van der Waals surface area contributed by atoms with Gasteiger partial charge in [-0.2, -0.15) is 0 Å². The lowest BCUT2D eigenvalue weighted by molar-refractivity contribution is 0.150. The highest BCUT2D eigenvalue weighted by atomic mass is 35.7. The van der Waals surface area contributed by atoms with Gasteiger partial charge in [0.15, 0.2) is 5.03 Å². The molecule has 0 radical (unpaired) electrons. The lowest BCUT2D eigenvalue weighted by Crippen LogP contribution is -1.99. The van der Waals surface area contributed by atoms with E-state index < -0.39 is 20.5 Å². The summed E-state index contributed by atoms with van der Waals surface area (Å²) in [6, 6.07) is 0.780. The summed E-state index contributed by atoms with van der Waals surface area (Å²) >= 11 is 0. The first kappa shape index (κ1) is 11.3. The Labute approximate surface area is 84.1 Å². The molecule has 0 saturated heterocycles. The second-order valence-electron chi connectivity index (χ2n) is 2.62. The van der Waals surface area contributed by atoms with Crippen LogP contribution in [0.15, 0.2) is 17.3 Å². The zero-order chi connectivity index (χ0) is 10.9. The highest BCUT2D eigenvalue weighted by Gasteiger charge is 2.17. The van der Waals surface area contributed by atoms with E-state index in [1.807, 2.05) is 0 Å². The Morgan fingerprint density at radius 2 is 2.07 bits per heavy atom. The average Bonchev–Trinajstić information content (AvgIpc) is 2.02. The largest absolute Gasteiger partial charge is 0.278 e. The summed E-state index contributed by atoms with van der Waals surface area (Å²) < 4.78 is 46.2. The minimum absolute atomic E-state index is 0.226. The van der Waals surface area contributed by atoms with Crippen LogP contribution in [0.4, 0.5) is 8.78 Å². The maximum absolute atomic E-state index is 12.3. The number of rotatable bonds is 2. The molecule has 0 unspecified atom stereocenters. The average molecular weight is 242 g/mol. The van der Waals surface area contributed by atoms with Gasteiger partial charge in [-0.05, 0) is 18.6 Å². The molecule has 0 fully saturated rings. The molecular formula is C7H6ClF2NO2S. The Kier molecular flexibility index (Phi) is 3.06. The van der Waals surface area contributed by atoms with Crippen molar-refractivity contribution >= 4 is 19.7 Å². The zero-order valence-corrected chi connectivity index (χ0v) is 8.61. The van der Waals surface area contributed by atoms with Gasteiger partial charge in [0.25, 0.3) is 15.5 Å². The predicted octanol–water partition coefficient (Wildman–Crippen LogP) is 2.26. The van der Waals surface area contributed by atoms with Crippen LogP contribution in [0.2, 0.25) is 0 Å². The minimum atomic E-state index is -4.05. The van der Waals surface area contributed by atoms with Gasteiger partial charge in [0.1, 0.15) is 0 Å². The summed E-state index contributed by atoms with van der Waals surface area (Å²) in [5, 5.41) is -0.555. The zero-order valence-electron chi connectivity index (χ0n) is 7.04. The summed E-state index contributed by atoms with van der Waals surface area (Å²) in [5.41, 5.74) is -0.150. The molecule has 0 aliphatic heterocycles. The second kappa shape index (κ2) is 3.78.